The summed E-state index contributed by atoms with van der Waals surface area (Å²) in [6, 6.07) is 6.08. The summed E-state index contributed by atoms with van der Waals surface area (Å²) in [5.41, 5.74) is 8.29. The molecule has 0 bridgehead atoms. The summed E-state index contributed by atoms with van der Waals surface area (Å²) in [5.74, 6) is -0.318. The summed E-state index contributed by atoms with van der Waals surface area (Å²) in [7, 11) is 4.26. The summed E-state index contributed by atoms with van der Waals surface area (Å²) in [6.07, 6.45) is 2.26. The Morgan fingerprint density at radius 1 is 1.38 bits per heavy atom. The highest BCUT2D eigenvalue weighted by molar-refractivity contribution is 5.92. The van der Waals surface area contributed by atoms with E-state index in [1.54, 1.807) is 19.1 Å². The van der Waals surface area contributed by atoms with Crippen LogP contribution in [0.25, 0.3) is 0 Å². The summed E-state index contributed by atoms with van der Waals surface area (Å²) in [4.78, 5) is 16.3. The predicted molar refractivity (Wildman–Crippen MR) is 85.7 cm³/mol. The van der Waals surface area contributed by atoms with E-state index < -0.39 is 0 Å². The van der Waals surface area contributed by atoms with Gasteiger partial charge in [-0.1, -0.05) is 0 Å². The maximum Gasteiger partial charge on any atom is 0.338 e. The number of hydrogen-bond donors (Lipinski definition) is 1. The number of nitrogens with two attached hydrogens (primary N) is 1. The van der Waals surface area contributed by atoms with Crippen molar-refractivity contribution in [1.82, 2.24) is 4.90 Å². The topological polar surface area (TPSA) is 58.8 Å². The van der Waals surface area contributed by atoms with Crippen LogP contribution in [0.4, 0.5) is 11.4 Å². The summed E-state index contributed by atoms with van der Waals surface area (Å²) in [5, 5.41) is 0. The van der Waals surface area contributed by atoms with E-state index in [4.69, 9.17) is 10.5 Å². The van der Waals surface area contributed by atoms with Crippen molar-refractivity contribution in [3.05, 3.63) is 23.8 Å². The van der Waals surface area contributed by atoms with Crippen LogP contribution < -0.4 is 10.6 Å². The second kappa shape index (κ2) is 6.80. The first-order valence-electron chi connectivity index (χ1n) is 7.51. The number of carbonyl (C=O) groups excluding carboxylic acids is 1. The van der Waals surface area contributed by atoms with Crippen LogP contribution in [0.15, 0.2) is 18.2 Å². The van der Waals surface area contributed by atoms with E-state index in [1.807, 2.05) is 6.07 Å². The average molecular weight is 291 g/mol. The number of nitrogen functional groups attached to an aromatic ring is 1. The largest absolute Gasteiger partial charge is 0.462 e. The minimum atomic E-state index is -0.318. The molecule has 0 aliphatic carbocycles. The molecule has 21 heavy (non-hydrogen) atoms. The Bertz CT molecular complexity index is 494. The van der Waals surface area contributed by atoms with Gasteiger partial charge < -0.3 is 20.3 Å². The molecule has 1 saturated heterocycles. The lowest BCUT2D eigenvalue weighted by molar-refractivity contribution is 0.0526. The minimum absolute atomic E-state index is 0.318. The average Bonchev–Trinajstić information content (AvgIpc) is 2.47. The van der Waals surface area contributed by atoms with Crippen LogP contribution in [0.3, 0.4) is 0 Å². The van der Waals surface area contributed by atoms with Gasteiger partial charge in [-0.05, 0) is 52.1 Å². The molecule has 0 spiro atoms. The summed E-state index contributed by atoms with van der Waals surface area (Å²) < 4.78 is 5.00. The fourth-order valence-electron chi connectivity index (χ4n) is 2.81. The number of rotatable bonds is 4. The molecule has 5 nitrogen and oxygen atoms in total. The van der Waals surface area contributed by atoms with Crippen LogP contribution in [0.1, 0.15) is 30.1 Å². The van der Waals surface area contributed by atoms with Gasteiger partial charge in [0.15, 0.2) is 0 Å². The van der Waals surface area contributed by atoms with E-state index in [1.165, 1.54) is 0 Å². The van der Waals surface area contributed by atoms with Gasteiger partial charge >= 0.3 is 5.97 Å². The standard InChI is InChI=1S/C16H25N3O2/c1-4-21-16(20)12-5-6-15(14(17)11-12)19-9-7-13(8-10-19)18(2)3/h5-6,11,13H,4,7-10,17H2,1-3H3. The SMILES string of the molecule is CCOC(=O)c1ccc(N2CCC(N(C)C)CC2)c(N)c1. The van der Waals surface area contributed by atoms with E-state index in [0.717, 1.165) is 31.6 Å². The Kier molecular flexibility index (Phi) is 5.07. The van der Waals surface area contributed by atoms with Gasteiger partial charge in [-0.3, -0.25) is 0 Å². The van der Waals surface area contributed by atoms with Gasteiger partial charge in [0, 0.05) is 19.1 Å². The number of carbonyl (C=O) groups is 1. The zero-order chi connectivity index (χ0) is 15.4. The van der Waals surface area contributed by atoms with Crippen LogP contribution in [0, 0.1) is 0 Å². The van der Waals surface area contributed by atoms with Crippen LogP contribution in [0.2, 0.25) is 0 Å². The van der Waals surface area contributed by atoms with Gasteiger partial charge in [0.1, 0.15) is 0 Å². The van der Waals surface area contributed by atoms with E-state index in [-0.39, 0.29) is 5.97 Å². The van der Waals surface area contributed by atoms with Crippen molar-refractivity contribution in [2.24, 2.45) is 0 Å². The lowest BCUT2D eigenvalue weighted by Crippen LogP contribution is -2.42. The minimum Gasteiger partial charge on any atom is -0.462 e. The van der Waals surface area contributed by atoms with E-state index in [9.17, 15) is 4.79 Å². The highest BCUT2D eigenvalue weighted by Crippen LogP contribution is 2.28. The number of nitrogens with zero attached hydrogens (tertiary/aromatic N) is 2. The van der Waals surface area contributed by atoms with E-state index >= 15 is 0 Å². The van der Waals surface area contributed by atoms with Crippen molar-refractivity contribution < 1.29 is 9.53 Å². The van der Waals surface area contributed by atoms with Gasteiger partial charge in [0.25, 0.3) is 0 Å². The molecule has 5 heteroatoms. The first kappa shape index (κ1) is 15.6. The second-order valence-corrected chi connectivity index (χ2v) is 5.68. The molecular formula is C16H25N3O2. The van der Waals surface area contributed by atoms with E-state index in [2.05, 4.69) is 23.9 Å². The quantitative estimate of drug-likeness (QED) is 0.679. The molecule has 2 rings (SSSR count). The molecule has 0 unspecified atom stereocenters. The van der Waals surface area contributed by atoms with Crippen molar-refractivity contribution in [1.29, 1.82) is 0 Å². The molecular weight excluding hydrogens is 266 g/mol. The number of piperidine rings is 1. The molecule has 0 atom stereocenters. The van der Waals surface area contributed by atoms with Crippen molar-refractivity contribution in [2.45, 2.75) is 25.8 Å². The van der Waals surface area contributed by atoms with Gasteiger partial charge in [0.05, 0.1) is 23.5 Å². The second-order valence-electron chi connectivity index (χ2n) is 5.68. The maximum absolute atomic E-state index is 11.7. The zero-order valence-electron chi connectivity index (χ0n) is 13.1. The van der Waals surface area contributed by atoms with Crippen LogP contribution in [-0.4, -0.2) is 50.7 Å². The zero-order valence-corrected chi connectivity index (χ0v) is 13.1. The predicted octanol–water partition coefficient (Wildman–Crippen LogP) is 1.98. The molecule has 116 valence electrons. The molecule has 1 aliphatic heterocycles. The Labute approximate surface area is 126 Å². The third-order valence-corrected chi connectivity index (χ3v) is 4.07. The maximum atomic E-state index is 11.7. The molecule has 1 heterocycles. The normalized spacial score (nSPS) is 16.3. The smallest absolute Gasteiger partial charge is 0.338 e. The lowest BCUT2D eigenvalue weighted by Gasteiger charge is -2.37. The number of benzene rings is 1. The van der Waals surface area contributed by atoms with Crippen LogP contribution in [-0.2, 0) is 4.74 Å². The molecule has 1 aliphatic rings. The molecule has 0 aromatic heterocycles. The number of hydrogen-bond acceptors (Lipinski definition) is 5. The molecule has 0 radical (unpaired) electrons. The molecule has 1 fully saturated rings. The highest BCUT2D eigenvalue weighted by Gasteiger charge is 2.22. The van der Waals surface area contributed by atoms with Gasteiger partial charge in [0.2, 0.25) is 0 Å². The molecule has 0 amide bonds. The van der Waals surface area contributed by atoms with Crippen LogP contribution >= 0.6 is 0 Å². The first-order chi connectivity index (χ1) is 10.0. The fraction of sp³-hybridized carbons (Fsp3) is 0.562. The number of ether oxygens (including phenoxy) is 1. The van der Waals surface area contributed by atoms with Crippen molar-refractivity contribution in [3.8, 4) is 0 Å². The number of anilines is 2. The lowest BCUT2D eigenvalue weighted by atomic mass is 10.0. The van der Waals surface area contributed by atoms with Gasteiger partial charge in [-0.25, -0.2) is 4.79 Å². The molecule has 0 saturated carbocycles. The Hall–Kier alpha value is -1.75. The Balaban J connectivity index is 2.06. The molecule has 1 aromatic rings. The van der Waals surface area contributed by atoms with Gasteiger partial charge in [-0.15, -0.1) is 0 Å². The summed E-state index contributed by atoms with van der Waals surface area (Å²) in [6.45, 7) is 4.15. The molecule has 1 aromatic carbocycles. The third-order valence-electron chi connectivity index (χ3n) is 4.07. The first-order valence-corrected chi connectivity index (χ1v) is 7.51. The van der Waals surface area contributed by atoms with Crippen LogP contribution in [0.5, 0.6) is 0 Å². The van der Waals surface area contributed by atoms with Crippen molar-refractivity contribution in [2.75, 3.05) is 44.4 Å². The summed E-state index contributed by atoms with van der Waals surface area (Å²) >= 11 is 0. The van der Waals surface area contributed by atoms with E-state index in [0.29, 0.717) is 23.9 Å². The Morgan fingerprint density at radius 2 is 2.05 bits per heavy atom. The third kappa shape index (κ3) is 3.67. The number of esters is 1. The van der Waals surface area contributed by atoms with Crippen molar-refractivity contribution in [3.63, 3.8) is 0 Å². The fourth-order valence-corrected chi connectivity index (χ4v) is 2.81. The molecule has 2 N–H and O–H groups in total. The highest BCUT2D eigenvalue weighted by atomic mass is 16.5. The van der Waals surface area contributed by atoms with Crippen molar-refractivity contribution >= 4 is 17.3 Å². The monoisotopic (exact) mass is 291 g/mol. The Morgan fingerprint density at radius 3 is 2.57 bits per heavy atom. The van der Waals surface area contributed by atoms with Gasteiger partial charge in [-0.2, -0.15) is 0 Å².